The molecule has 0 bridgehead atoms. The summed E-state index contributed by atoms with van der Waals surface area (Å²) in [6.07, 6.45) is 1.62. The first kappa shape index (κ1) is 15.3. The highest BCUT2D eigenvalue weighted by Gasteiger charge is 2.07. The molecule has 2 rings (SSSR count). The molecule has 1 aromatic carbocycles. The van der Waals surface area contributed by atoms with Gasteiger partial charge in [-0.1, -0.05) is 42.2 Å². The molecule has 0 radical (unpaired) electrons. The number of hydrogen-bond donors (Lipinski definition) is 0. The van der Waals surface area contributed by atoms with Gasteiger partial charge in [-0.25, -0.2) is 4.98 Å². The molecule has 21 heavy (non-hydrogen) atoms. The first-order valence-corrected chi connectivity index (χ1v) is 7.74. The lowest BCUT2D eigenvalue weighted by molar-refractivity contribution is -0.142. The van der Waals surface area contributed by atoms with Gasteiger partial charge in [0, 0.05) is 11.8 Å². The van der Waals surface area contributed by atoms with Crippen LogP contribution in [0, 0.1) is 11.8 Å². The van der Waals surface area contributed by atoms with Crippen molar-refractivity contribution in [2.24, 2.45) is 0 Å². The molecule has 1 heterocycles. The zero-order valence-corrected chi connectivity index (χ0v) is 12.8. The Balaban J connectivity index is 1.82. The van der Waals surface area contributed by atoms with Gasteiger partial charge in [0.15, 0.2) is 0 Å². The fourth-order valence-electron chi connectivity index (χ4n) is 1.77. The van der Waals surface area contributed by atoms with E-state index in [1.165, 1.54) is 16.9 Å². The summed E-state index contributed by atoms with van der Waals surface area (Å²) < 4.78 is 4.90. The Morgan fingerprint density at radius 1 is 1.24 bits per heavy atom. The van der Waals surface area contributed by atoms with Gasteiger partial charge in [0.2, 0.25) is 0 Å². The summed E-state index contributed by atoms with van der Waals surface area (Å²) in [5, 5.41) is 2.83. The van der Waals surface area contributed by atoms with Crippen LogP contribution in [0.1, 0.15) is 23.2 Å². The average molecular weight is 299 g/mol. The molecule has 0 atom stereocenters. The highest BCUT2D eigenvalue weighted by molar-refractivity contribution is 7.09. The summed E-state index contributed by atoms with van der Waals surface area (Å²) >= 11 is 1.53. The number of thiazole rings is 1. The zero-order chi connectivity index (χ0) is 14.9. The van der Waals surface area contributed by atoms with Crippen molar-refractivity contribution in [3.05, 3.63) is 52.0 Å². The molecule has 2 aromatic rings. The highest BCUT2D eigenvalue weighted by Crippen LogP contribution is 2.11. The maximum Gasteiger partial charge on any atom is 0.311 e. The lowest BCUT2D eigenvalue weighted by Gasteiger charge is -1.97. The molecule has 0 saturated heterocycles. The predicted octanol–water partition coefficient (Wildman–Crippen LogP) is 3.04. The molecule has 0 spiro atoms. The smallest absolute Gasteiger partial charge is 0.311 e. The second-order valence-electron chi connectivity index (χ2n) is 4.41. The first-order valence-electron chi connectivity index (χ1n) is 6.86. The van der Waals surface area contributed by atoms with Gasteiger partial charge < -0.3 is 4.74 Å². The third kappa shape index (κ3) is 5.41. The number of hydrogen-bond acceptors (Lipinski definition) is 4. The van der Waals surface area contributed by atoms with Crippen molar-refractivity contribution in [2.75, 3.05) is 6.61 Å². The molecule has 0 amide bonds. The second-order valence-corrected chi connectivity index (χ2v) is 5.35. The summed E-state index contributed by atoms with van der Waals surface area (Å²) in [6.45, 7) is 2.20. The van der Waals surface area contributed by atoms with Gasteiger partial charge in [0.05, 0.1) is 25.1 Å². The topological polar surface area (TPSA) is 39.2 Å². The van der Waals surface area contributed by atoms with Crippen LogP contribution >= 0.6 is 11.3 Å². The molecule has 108 valence electrons. The van der Waals surface area contributed by atoms with E-state index in [4.69, 9.17) is 4.74 Å². The lowest BCUT2D eigenvalue weighted by Crippen LogP contribution is -2.07. The van der Waals surface area contributed by atoms with Crippen LogP contribution in [-0.2, 0) is 28.8 Å². The maximum atomic E-state index is 11.4. The van der Waals surface area contributed by atoms with Crippen molar-refractivity contribution in [1.29, 1.82) is 0 Å². The van der Waals surface area contributed by atoms with Crippen LogP contribution in [0.2, 0.25) is 0 Å². The minimum Gasteiger partial charge on any atom is -0.466 e. The lowest BCUT2D eigenvalue weighted by atomic mass is 10.1. The Bertz CT molecular complexity index is 638. The molecule has 3 nitrogen and oxygen atoms in total. The van der Waals surface area contributed by atoms with Crippen molar-refractivity contribution in [3.8, 4) is 11.8 Å². The third-order valence-corrected chi connectivity index (χ3v) is 3.63. The fraction of sp³-hybridized carbons (Fsp3) is 0.294. The van der Waals surface area contributed by atoms with E-state index in [9.17, 15) is 4.79 Å². The molecule has 4 heteroatoms. The summed E-state index contributed by atoms with van der Waals surface area (Å²) in [7, 11) is 0. The van der Waals surface area contributed by atoms with Crippen molar-refractivity contribution in [1.82, 2.24) is 4.98 Å². The van der Waals surface area contributed by atoms with E-state index in [1.54, 1.807) is 6.92 Å². The van der Waals surface area contributed by atoms with Crippen molar-refractivity contribution >= 4 is 17.3 Å². The zero-order valence-electron chi connectivity index (χ0n) is 12.0. The minimum absolute atomic E-state index is 0.232. The van der Waals surface area contributed by atoms with Gasteiger partial charge in [-0.15, -0.1) is 11.3 Å². The fourth-order valence-corrected chi connectivity index (χ4v) is 2.50. The van der Waals surface area contributed by atoms with Crippen LogP contribution in [0.25, 0.3) is 0 Å². The van der Waals surface area contributed by atoms with Crippen LogP contribution in [0.4, 0.5) is 0 Å². The molecular formula is C17H17NO2S. The molecule has 0 N–H and O–H groups in total. The van der Waals surface area contributed by atoms with E-state index in [0.717, 1.165) is 17.1 Å². The summed E-state index contributed by atoms with van der Waals surface area (Å²) in [5.41, 5.74) is 1.98. The number of ether oxygens (including phenoxy) is 1. The van der Waals surface area contributed by atoms with Crippen LogP contribution in [0.5, 0.6) is 0 Å². The normalized spacial score (nSPS) is 9.76. The van der Waals surface area contributed by atoms with Crippen LogP contribution in [0.3, 0.4) is 0 Å². The number of rotatable bonds is 5. The molecule has 0 unspecified atom stereocenters. The van der Waals surface area contributed by atoms with E-state index < -0.39 is 0 Å². The van der Waals surface area contributed by atoms with Crippen molar-refractivity contribution in [3.63, 3.8) is 0 Å². The quantitative estimate of drug-likeness (QED) is 0.629. The van der Waals surface area contributed by atoms with Crippen molar-refractivity contribution < 1.29 is 9.53 Å². The van der Waals surface area contributed by atoms with E-state index in [-0.39, 0.29) is 12.4 Å². The number of benzene rings is 1. The molecule has 0 saturated carbocycles. The maximum absolute atomic E-state index is 11.4. The molecule has 0 fully saturated rings. The predicted molar refractivity (Wildman–Crippen MR) is 84.1 cm³/mol. The summed E-state index contributed by atoms with van der Waals surface area (Å²) in [6, 6.07) is 10.2. The largest absolute Gasteiger partial charge is 0.466 e. The van der Waals surface area contributed by atoms with Crippen LogP contribution in [0.15, 0.2) is 35.7 Å². The van der Waals surface area contributed by atoms with Crippen molar-refractivity contribution in [2.45, 2.75) is 26.2 Å². The van der Waals surface area contributed by atoms with Gasteiger partial charge >= 0.3 is 5.97 Å². The Morgan fingerprint density at radius 3 is 2.76 bits per heavy atom. The van der Waals surface area contributed by atoms with Gasteiger partial charge in [0.1, 0.15) is 5.01 Å². The number of aromatic nitrogens is 1. The number of esters is 1. The second kappa shape index (κ2) is 8.23. The standard InChI is InChI=1S/C17H17NO2S/c1-2-20-17(19)12-15-13-21-16(18-15)11-7-6-10-14-8-4-3-5-9-14/h3-5,8-9,13H,2,10-12H2,1H3. The summed E-state index contributed by atoms with van der Waals surface area (Å²) in [4.78, 5) is 15.7. The van der Waals surface area contributed by atoms with Gasteiger partial charge in [-0.05, 0) is 12.5 Å². The van der Waals surface area contributed by atoms with Crippen LogP contribution in [-0.4, -0.2) is 17.6 Å². The first-order chi connectivity index (χ1) is 10.3. The molecule has 1 aromatic heterocycles. The van der Waals surface area contributed by atoms with Gasteiger partial charge in [-0.2, -0.15) is 0 Å². The number of carbonyl (C=O) groups excluding carboxylic acids is 1. The molecule has 0 aliphatic carbocycles. The Morgan fingerprint density at radius 2 is 2.00 bits per heavy atom. The SMILES string of the molecule is CCOC(=O)Cc1csc(CC#CCc2ccccc2)n1. The third-order valence-electron chi connectivity index (χ3n) is 2.73. The van der Waals surface area contributed by atoms with Gasteiger partial charge in [0.25, 0.3) is 0 Å². The van der Waals surface area contributed by atoms with E-state index in [2.05, 4.69) is 29.0 Å². The Hall–Kier alpha value is -2.12. The summed E-state index contributed by atoms with van der Waals surface area (Å²) in [5.74, 6) is 6.04. The van der Waals surface area contributed by atoms with E-state index >= 15 is 0 Å². The van der Waals surface area contributed by atoms with Crippen LogP contribution < -0.4 is 0 Å². The molecular weight excluding hydrogens is 282 g/mol. The number of carbonyl (C=O) groups is 1. The van der Waals surface area contributed by atoms with E-state index in [0.29, 0.717) is 13.0 Å². The minimum atomic E-state index is -0.232. The molecule has 0 aliphatic heterocycles. The van der Waals surface area contributed by atoms with E-state index in [1.807, 2.05) is 23.6 Å². The monoisotopic (exact) mass is 299 g/mol. The Kier molecular flexibility index (Phi) is 5.99. The highest BCUT2D eigenvalue weighted by atomic mass is 32.1. The molecule has 0 aliphatic rings. The number of nitrogens with zero attached hydrogens (tertiary/aromatic N) is 1. The Labute approximate surface area is 129 Å². The average Bonchev–Trinajstić information content (AvgIpc) is 2.92. The van der Waals surface area contributed by atoms with Gasteiger partial charge in [-0.3, -0.25) is 4.79 Å².